The number of amides is 1. The van der Waals surface area contributed by atoms with Gasteiger partial charge in [0.05, 0.1) is 23.8 Å². The van der Waals surface area contributed by atoms with E-state index in [0.717, 1.165) is 16.1 Å². The number of hydrogen-bond acceptors (Lipinski definition) is 6. The second kappa shape index (κ2) is 7.50. The standard InChI is InChI=1S/C16H20N2O4S/c1-5-21-16(20)11(3)22-17-10(2)12-6-7-14-13(8-12)18(4)15(19)9-23-14/h6-8,11H,5,9H2,1-4H3. The van der Waals surface area contributed by atoms with Crippen molar-refractivity contribution in [3.63, 3.8) is 0 Å². The lowest BCUT2D eigenvalue weighted by Gasteiger charge is -2.25. The highest BCUT2D eigenvalue weighted by Gasteiger charge is 2.22. The van der Waals surface area contributed by atoms with Crippen LogP contribution in [0.1, 0.15) is 26.3 Å². The smallest absolute Gasteiger partial charge is 0.349 e. The maximum atomic E-state index is 11.8. The van der Waals surface area contributed by atoms with Gasteiger partial charge in [-0.1, -0.05) is 11.2 Å². The van der Waals surface area contributed by atoms with Crippen LogP contribution in [0.15, 0.2) is 28.3 Å². The maximum Gasteiger partial charge on any atom is 0.349 e. The van der Waals surface area contributed by atoms with Crippen molar-refractivity contribution in [2.24, 2.45) is 5.16 Å². The number of fused-ring (bicyclic) bond motifs is 1. The predicted octanol–water partition coefficient (Wildman–Crippen LogP) is 2.45. The molecule has 7 heteroatoms. The number of carbonyl (C=O) groups excluding carboxylic acids is 2. The quantitative estimate of drug-likeness (QED) is 0.469. The molecule has 0 aliphatic carbocycles. The topological polar surface area (TPSA) is 68.2 Å². The van der Waals surface area contributed by atoms with Crippen molar-refractivity contribution in [1.82, 2.24) is 0 Å². The predicted molar refractivity (Wildman–Crippen MR) is 90.0 cm³/mol. The molecule has 0 saturated heterocycles. The summed E-state index contributed by atoms with van der Waals surface area (Å²) in [5.41, 5.74) is 2.32. The SMILES string of the molecule is CCOC(=O)C(C)ON=C(C)c1ccc2c(c1)N(C)C(=O)CS2. The van der Waals surface area contributed by atoms with Gasteiger partial charge in [0.15, 0.2) is 0 Å². The van der Waals surface area contributed by atoms with E-state index >= 15 is 0 Å². The zero-order valence-corrected chi connectivity index (χ0v) is 14.5. The van der Waals surface area contributed by atoms with Gasteiger partial charge in [-0.15, -0.1) is 11.8 Å². The number of hydrogen-bond donors (Lipinski definition) is 0. The second-order valence-corrected chi connectivity index (χ2v) is 6.12. The average Bonchev–Trinajstić information content (AvgIpc) is 2.55. The van der Waals surface area contributed by atoms with Crippen LogP contribution in [-0.2, 0) is 19.2 Å². The Bertz CT molecular complexity index is 645. The Balaban J connectivity index is 2.14. The van der Waals surface area contributed by atoms with Gasteiger partial charge in [-0.2, -0.15) is 0 Å². The Kier molecular flexibility index (Phi) is 5.65. The van der Waals surface area contributed by atoms with Crippen LogP contribution < -0.4 is 4.90 Å². The minimum atomic E-state index is -0.762. The molecule has 0 fully saturated rings. The fourth-order valence-corrected chi connectivity index (χ4v) is 2.99. The lowest BCUT2D eigenvalue weighted by molar-refractivity contribution is -0.155. The molecule has 6 nitrogen and oxygen atoms in total. The molecule has 0 spiro atoms. The van der Waals surface area contributed by atoms with Crippen molar-refractivity contribution >= 4 is 35.0 Å². The minimum absolute atomic E-state index is 0.0708. The van der Waals surface area contributed by atoms with Crippen molar-refractivity contribution in [2.75, 3.05) is 24.3 Å². The monoisotopic (exact) mass is 336 g/mol. The van der Waals surface area contributed by atoms with Crippen LogP contribution in [-0.4, -0.2) is 43.1 Å². The Morgan fingerprint density at radius 3 is 2.91 bits per heavy atom. The van der Waals surface area contributed by atoms with E-state index in [4.69, 9.17) is 9.57 Å². The third-order valence-corrected chi connectivity index (χ3v) is 4.48. The molecule has 1 atom stereocenters. The molecule has 0 bridgehead atoms. The van der Waals surface area contributed by atoms with Crippen molar-refractivity contribution in [2.45, 2.75) is 31.8 Å². The summed E-state index contributed by atoms with van der Waals surface area (Å²) in [6.07, 6.45) is -0.762. The third-order valence-electron chi connectivity index (χ3n) is 3.43. The summed E-state index contributed by atoms with van der Waals surface area (Å²) in [5.74, 6) is 0.0773. The van der Waals surface area contributed by atoms with E-state index in [2.05, 4.69) is 5.16 Å². The molecule has 2 rings (SSSR count). The summed E-state index contributed by atoms with van der Waals surface area (Å²) >= 11 is 1.53. The average molecular weight is 336 g/mol. The lowest BCUT2D eigenvalue weighted by Crippen LogP contribution is -2.31. The normalized spacial score (nSPS) is 15.9. The fraction of sp³-hybridized carbons (Fsp3) is 0.438. The molecule has 1 aromatic rings. The van der Waals surface area contributed by atoms with Crippen LogP contribution in [0.25, 0.3) is 0 Å². The highest BCUT2D eigenvalue weighted by molar-refractivity contribution is 8.00. The summed E-state index contributed by atoms with van der Waals surface area (Å²) in [5, 5.41) is 4.00. The van der Waals surface area contributed by atoms with Crippen LogP contribution in [0.3, 0.4) is 0 Å². The van der Waals surface area contributed by atoms with Gasteiger partial charge >= 0.3 is 5.97 Å². The molecule has 1 amide bonds. The van der Waals surface area contributed by atoms with Gasteiger partial charge in [-0.05, 0) is 32.9 Å². The summed E-state index contributed by atoms with van der Waals surface area (Å²) < 4.78 is 4.86. The van der Waals surface area contributed by atoms with Gasteiger partial charge in [0.1, 0.15) is 0 Å². The first-order chi connectivity index (χ1) is 10.9. The number of oxime groups is 1. The first kappa shape index (κ1) is 17.3. The molecular formula is C16H20N2O4S. The Morgan fingerprint density at radius 2 is 2.22 bits per heavy atom. The molecule has 1 aromatic carbocycles. The molecule has 1 unspecified atom stereocenters. The third kappa shape index (κ3) is 4.04. The van der Waals surface area contributed by atoms with Gasteiger partial charge in [0, 0.05) is 17.5 Å². The van der Waals surface area contributed by atoms with Gasteiger partial charge in [0.25, 0.3) is 0 Å². The van der Waals surface area contributed by atoms with E-state index in [1.54, 1.807) is 32.7 Å². The van der Waals surface area contributed by atoms with Crippen LogP contribution in [0, 0.1) is 0 Å². The van der Waals surface area contributed by atoms with E-state index < -0.39 is 12.1 Å². The second-order valence-electron chi connectivity index (χ2n) is 5.10. The molecular weight excluding hydrogens is 316 g/mol. The van der Waals surface area contributed by atoms with E-state index in [9.17, 15) is 9.59 Å². The number of ether oxygens (including phenoxy) is 1. The Morgan fingerprint density at radius 1 is 1.48 bits per heavy atom. The number of esters is 1. The molecule has 1 heterocycles. The summed E-state index contributed by atoms with van der Waals surface area (Å²) in [4.78, 5) is 31.2. The highest BCUT2D eigenvalue weighted by Crippen LogP contribution is 2.35. The van der Waals surface area contributed by atoms with Gasteiger partial charge < -0.3 is 14.5 Å². The molecule has 0 aromatic heterocycles. The van der Waals surface area contributed by atoms with E-state index in [1.165, 1.54) is 11.8 Å². The zero-order chi connectivity index (χ0) is 17.0. The fourth-order valence-electron chi connectivity index (χ4n) is 2.01. The molecule has 23 heavy (non-hydrogen) atoms. The number of benzene rings is 1. The first-order valence-electron chi connectivity index (χ1n) is 7.34. The molecule has 1 aliphatic heterocycles. The zero-order valence-electron chi connectivity index (χ0n) is 13.7. The van der Waals surface area contributed by atoms with E-state index in [0.29, 0.717) is 18.1 Å². The van der Waals surface area contributed by atoms with E-state index in [1.807, 2.05) is 18.2 Å². The minimum Gasteiger partial charge on any atom is -0.463 e. The van der Waals surface area contributed by atoms with E-state index in [-0.39, 0.29) is 5.91 Å². The highest BCUT2D eigenvalue weighted by atomic mass is 32.2. The summed E-state index contributed by atoms with van der Waals surface area (Å²) in [6.45, 7) is 5.42. The lowest BCUT2D eigenvalue weighted by atomic mass is 10.1. The van der Waals surface area contributed by atoms with Crippen molar-refractivity contribution < 1.29 is 19.2 Å². The molecule has 0 saturated carbocycles. The Hall–Kier alpha value is -2.02. The summed E-state index contributed by atoms with van der Waals surface area (Å²) in [6, 6.07) is 5.79. The van der Waals surface area contributed by atoms with Crippen molar-refractivity contribution in [3.8, 4) is 0 Å². The molecule has 0 radical (unpaired) electrons. The van der Waals surface area contributed by atoms with Crippen molar-refractivity contribution in [3.05, 3.63) is 23.8 Å². The van der Waals surface area contributed by atoms with Gasteiger partial charge in [-0.3, -0.25) is 4.79 Å². The van der Waals surface area contributed by atoms with Gasteiger partial charge in [0.2, 0.25) is 12.0 Å². The largest absolute Gasteiger partial charge is 0.463 e. The number of nitrogens with zero attached hydrogens (tertiary/aromatic N) is 2. The number of thioether (sulfide) groups is 1. The Labute approximate surface area is 139 Å². The van der Waals surface area contributed by atoms with Crippen LogP contribution in [0.2, 0.25) is 0 Å². The van der Waals surface area contributed by atoms with Crippen molar-refractivity contribution in [1.29, 1.82) is 0 Å². The van der Waals surface area contributed by atoms with Crippen LogP contribution in [0.4, 0.5) is 5.69 Å². The van der Waals surface area contributed by atoms with Gasteiger partial charge in [-0.25, -0.2) is 4.79 Å². The number of rotatable bonds is 5. The molecule has 1 aliphatic rings. The number of anilines is 1. The summed E-state index contributed by atoms with van der Waals surface area (Å²) in [7, 11) is 1.76. The van der Waals surface area contributed by atoms with Crippen LogP contribution in [0.5, 0.6) is 0 Å². The molecule has 0 N–H and O–H groups in total. The maximum absolute atomic E-state index is 11.8. The van der Waals surface area contributed by atoms with Crippen LogP contribution >= 0.6 is 11.8 Å². The number of carbonyl (C=O) groups is 2. The molecule has 124 valence electrons. The first-order valence-corrected chi connectivity index (χ1v) is 8.33.